The first-order valence-corrected chi connectivity index (χ1v) is 6.24. The number of nitrogen functional groups attached to an aromatic ring is 1. The molecule has 0 spiro atoms. The number of benzene rings is 1. The van der Waals surface area contributed by atoms with Gasteiger partial charge >= 0.3 is 5.97 Å². The van der Waals surface area contributed by atoms with Crippen LogP contribution in [0, 0.1) is 17.0 Å². The van der Waals surface area contributed by atoms with Gasteiger partial charge in [-0.2, -0.15) is 0 Å². The fourth-order valence-corrected chi connectivity index (χ4v) is 2.47. The standard InChI is InChI=1S/C13H16N4O4/c1-6-8(5-9(15)13(18)19)12-10(16(6)2)3-7(14)4-11(12)17(20)21/h3-4,9H,5,14-15H2,1-2H3,(H,18,19). The van der Waals surface area contributed by atoms with Gasteiger partial charge < -0.3 is 21.1 Å². The molecule has 0 saturated heterocycles. The number of nitro groups is 1. The molecule has 0 aliphatic heterocycles. The van der Waals surface area contributed by atoms with Crippen LogP contribution in [0.1, 0.15) is 11.3 Å². The average molecular weight is 292 g/mol. The number of fused-ring (bicyclic) bond motifs is 1. The minimum absolute atomic E-state index is 0.0171. The maximum atomic E-state index is 11.3. The van der Waals surface area contributed by atoms with Crippen LogP contribution in [0.25, 0.3) is 10.9 Å². The van der Waals surface area contributed by atoms with Gasteiger partial charge in [0.2, 0.25) is 0 Å². The molecule has 0 fully saturated rings. The van der Waals surface area contributed by atoms with Gasteiger partial charge in [0.15, 0.2) is 0 Å². The Hall–Kier alpha value is -2.61. The summed E-state index contributed by atoms with van der Waals surface area (Å²) >= 11 is 0. The van der Waals surface area contributed by atoms with Crippen LogP contribution >= 0.6 is 0 Å². The predicted molar refractivity (Wildman–Crippen MR) is 78.0 cm³/mol. The number of carbonyl (C=O) groups is 1. The molecule has 1 atom stereocenters. The highest BCUT2D eigenvalue weighted by atomic mass is 16.6. The summed E-state index contributed by atoms with van der Waals surface area (Å²) in [6, 6.07) is 1.79. The Kier molecular flexibility index (Phi) is 3.56. The Morgan fingerprint density at radius 3 is 2.67 bits per heavy atom. The number of anilines is 1. The maximum Gasteiger partial charge on any atom is 0.320 e. The Bertz CT molecular complexity index is 750. The van der Waals surface area contributed by atoms with Crippen molar-refractivity contribution in [1.82, 2.24) is 4.57 Å². The minimum Gasteiger partial charge on any atom is -0.480 e. The van der Waals surface area contributed by atoms with Gasteiger partial charge in [-0.1, -0.05) is 0 Å². The fraction of sp³-hybridized carbons (Fsp3) is 0.308. The monoisotopic (exact) mass is 292 g/mol. The minimum atomic E-state index is -1.15. The van der Waals surface area contributed by atoms with Crippen LogP contribution in [0.5, 0.6) is 0 Å². The molecule has 5 N–H and O–H groups in total. The van der Waals surface area contributed by atoms with Crippen LogP contribution < -0.4 is 11.5 Å². The normalized spacial score (nSPS) is 12.5. The lowest BCUT2D eigenvalue weighted by Crippen LogP contribution is -2.32. The lowest BCUT2D eigenvalue weighted by molar-refractivity contribution is -0.383. The predicted octanol–water partition coefficient (Wildman–Crippen LogP) is 0.932. The van der Waals surface area contributed by atoms with Gasteiger partial charge in [0.1, 0.15) is 6.04 Å². The van der Waals surface area contributed by atoms with Crippen molar-refractivity contribution >= 4 is 28.2 Å². The van der Waals surface area contributed by atoms with Gasteiger partial charge in [0.25, 0.3) is 5.69 Å². The first-order chi connectivity index (χ1) is 9.73. The van der Waals surface area contributed by atoms with Crippen LogP contribution in [0.4, 0.5) is 11.4 Å². The van der Waals surface area contributed by atoms with E-state index in [1.54, 1.807) is 24.6 Å². The van der Waals surface area contributed by atoms with Crippen LogP contribution in [-0.2, 0) is 18.3 Å². The second-order valence-electron chi connectivity index (χ2n) is 4.96. The highest BCUT2D eigenvalue weighted by Gasteiger charge is 2.25. The Morgan fingerprint density at radius 2 is 2.14 bits per heavy atom. The van der Waals surface area contributed by atoms with E-state index in [-0.39, 0.29) is 17.8 Å². The molecule has 0 radical (unpaired) electrons. The molecular weight excluding hydrogens is 276 g/mol. The van der Waals surface area contributed by atoms with Crippen molar-refractivity contribution in [1.29, 1.82) is 0 Å². The number of non-ortho nitro benzene ring substituents is 1. The second kappa shape index (κ2) is 5.06. The quantitative estimate of drug-likeness (QED) is 0.435. The van der Waals surface area contributed by atoms with Crippen LogP contribution in [-0.4, -0.2) is 26.6 Å². The third kappa shape index (κ3) is 2.40. The molecule has 1 aromatic heterocycles. The zero-order valence-electron chi connectivity index (χ0n) is 11.7. The number of aromatic nitrogens is 1. The van der Waals surface area contributed by atoms with Gasteiger partial charge in [0.05, 0.1) is 15.8 Å². The maximum absolute atomic E-state index is 11.3. The fourth-order valence-electron chi connectivity index (χ4n) is 2.47. The number of aliphatic carboxylic acids is 1. The number of carboxylic acid groups (broad SMARTS) is 1. The van der Waals surface area contributed by atoms with Crippen molar-refractivity contribution in [2.75, 3.05) is 5.73 Å². The Morgan fingerprint density at radius 1 is 1.52 bits per heavy atom. The molecule has 2 aromatic rings. The summed E-state index contributed by atoms with van der Waals surface area (Å²) in [4.78, 5) is 21.7. The highest BCUT2D eigenvalue weighted by molar-refractivity contribution is 5.96. The number of hydrogen-bond acceptors (Lipinski definition) is 5. The topological polar surface area (TPSA) is 137 Å². The first kappa shape index (κ1) is 14.8. The van der Waals surface area contributed by atoms with E-state index in [4.69, 9.17) is 16.6 Å². The molecule has 0 aliphatic carbocycles. The number of nitro benzene ring substituents is 1. The van der Waals surface area contributed by atoms with Crippen molar-refractivity contribution in [2.45, 2.75) is 19.4 Å². The average Bonchev–Trinajstić information content (AvgIpc) is 2.63. The summed E-state index contributed by atoms with van der Waals surface area (Å²) in [5.74, 6) is -1.15. The summed E-state index contributed by atoms with van der Waals surface area (Å²) in [7, 11) is 1.75. The van der Waals surface area contributed by atoms with Gasteiger partial charge in [-0.3, -0.25) is 14.9 Å². The summed E-state index contributed by atoms with van der Waals surface area (Å²) in [6.45, 7) is 1.77. The van der Waals surface area contributed by atoms with Gasteiger partial charge in [-0.05, 0) is 18.6 Å². The third-order valence-corrected chi connectivity index (χ3v) is 3.66. The third-order valence-electron chi connectivity index (χ3n) is 3.66. The number of hydrogen-bond donors (Lipinski definition) is 3. The van der Waals surface area contributed by atoms with E-state index in [1.807, 2.05) is 0 Å². The zero-order valence-corrected chi connectivity index (χ0v) is 11.7. The summed E-state index contributed by atoms with van der Waals surface area (Å²) in [5.41, 5.74) is 13.3. The van der Waals surface area contributed by atoms with Crippen molar-refractivity contribution in [3.05, 3.63) is 33.5 Å². The van der Waals surface area contributed by atoms with E-state index in [9.17, 15) is 14.9 Å². The highest BCUT2D eigenvalue weighted by Crippen LogP contribution is 2.35. The molecule has 21 heavy (non-hydrogen) atoms. The SMILES string of the molecule is Cc1c(CC(N)C(=O)O)c2c([N+](=O)[O-])cc(N)cc2n1C. The smallest absolute Gasteiger partial charge is 0.320 e. The first-order valence-electron chi connectivity index (χ1n) is 6.24. The van der Waals surface area contributed by atoms with E-state index in [0.29, 0.717) is 16.5 Å². The molecule has 0 bridgehead atoms. The largest absolute Gasteiger partial charge is 0.480 e. The molecule has 0 aliphatic rings. The van der Waals surface area contributed by atoms with Crippen molar-refractivity contribution in [3.63, 3.8) is 0 Å². The molecular formula is C13H16N4O4. The van der Waals surface area contributed by atoms with Crippen LogP contribution in [0.2, 0.25) is 0 Å². The lowest BCUT2D eigenvalue weighted by atomic mass is 10.0. The van der Waals surface area contributed by atoms with Crippen molar-refractivity contribution < 1.29 is 14.8 Å². The Labute approximate surface area is 120 Å². The van der Waals surface area contributed by atoms with E-state index in [0.717, 1.165) is 5.69 Å². The summed E-state index contributed by atoms with van der Waals surface area (Å²) in [6.07, 6.45) is 0.0171. The number of carboxylic acids is 1. The number of nitrogens with zero attached hydrogens (tertiary/aromatic N) is 2. The number of rotatable bonds is 4. The molecule has 0 saturated carbocycles. The van der Waals surface area contributed by atoms with Gasteiger partial charge in [-0.25, -0.2) is 0 Å². The van der Waals surface area contributed by atoms with E-state index < -0.39 is 16.9 Å². The molecule has 112 valence electrons. The van der Waals surface area contributed by atoms with Crippen LogP contribution in [0.15, 0.2) is 12.1 Å². The van der Waals surface area contributed by atoms with Crippen LogP contribution in [0.3, 0.4) is 0 Å². The van der Waals surface area contributed by atoms with E-state index in [1.165, 1.54) is 6.07 Å². The lowest BCUT2D eigenvalue weighted by Gasteiger charge is -2.07. The van der Waals surface area contributed by atoms with Gasteiger partial charge in [0, 0.05) is 30.9 Å². The summed E-state index contributed by atoms with van der Waals surface area (Å²) < 4.78 is 1.75. The van der Waals surface area contributed by atoms with Gasteiger partial charge in [-0.15, -0.1) is 0 Å². The van der Waals surface area contributed by atoms with Crippen molar-refractivity contribution in [3.8, 4) is 0 Å². The molecule has 0 amide bonds. The zero-order chi connectivity index (χ0) is 15.9. The van der Waals surface area contributed by atoms with E-state index in [2.05, 4.69) is 0 Å². The Balaban J connectivity index is 2.78. The summed E-state index contributed by atoms with van der Waals surface area (Å²) in [5, 5.41) is 20.6. The molecule has 8 heteroatoms. The number of nitrogens with two attached hydrogens (primary N) is 2. The molecule has 2 rings (SSSR count). The number of aryl methyl sites for hydroxylation is 1. The van der Waals surface area contributed by atoms with Crippen molar-refractivity contribution in [2.24, 2.45) is 12.8 Å². The molecule has 1 heterocycles. The molecule has 1 unspecified atom stereocenters. The molecule has 8 nitrogen and oxygen atoms in total. The molecule has 1 aromatic carbocycles. The second-order valence-corrected chi connectivity index (χ2v) is 4.96. The van der Waals surface area contributed by atoms with E-state index >= 15 is 0 Å².